The van der Waals surface area contributed by atoms with Gasteiger partial charge in [0.15, 0.2) is 0 Å². The lowest BCUT2D eigenvalue weighted by Crippen LogP contribution is -2.51. The number of anilines is 1. The molecule has 0 bridgehead atoms. The summed E-state index contributed by atoms with van der Waals surface area (Å²) in [5, 5.41) is 3.21. The molecule has 1 aromatic rings. The van der Waals surface area contributed by atoms with Crippen LogP contribution in [-0.2, 0) is 9.53 Å². The highest BCUT2D eigenvalue weighted by Gasteiger charge is 2.32. The smallest absolute Gasteiger partial charge is 0.341 e. The first-order chi connectivity index (χ1) is 13.3. The SMILES string of the molecule is COC(=O)c1c(NC(=O)CN2CCN3CCC[C@@H]3C2)sc(C(=O)N(C)C)c1C. The first-order valence-electron chi connectivity index (χ1n) is 9.51. The van der Waals surface area contributed by atoms with Gasteiger partial charge in [0.1, 0.15) is 5.00 Å². The van der Waals surface area contributed by atoms with Gasteiger partial charge in [-0.25, -0.2) is 4.79 Å². The molecule has 0 unspecified atom stereocenters. The fraction of sp³-hybridized carbons (Fsp3) is 0.632. The zero-order valence-corrected chi connectivity index (χ0v) is 17.7. The zero-order chi connectivity index (χ0) is 20.4. The van der Waals surface area contributed by atoms with Crippen LogP contribution in [0, 0.1) is 6.92 Å². The van der Waals surface area contributed by atoms with E-state index in [0.29, 0.717) is 21.5 Å². The van der Waals surface area contributed by atoms with Crippen LogP contribution >= 0.6 is 11.3 Å². The normalized spacial score (nSPS) is 19.9. The summed E-state index contributed by atoms with van der Waals surface area (Å²) in [4.78, 5) is 43.8. The van der Waals surface area contributed by atoms with E-state index < -0.39 is 5.97 Å². The van der Waals surface area contributed by atoms with Gasteiger partial charge in [-0.1, -0.05) is 0 Å². The third kappa shape index (κ3) is 4.21. The molecule has 154 valence electrons. The van der Waals surface area contributed by atoms with Gasteiger partial charge < -0.3 is 15.0 Å². The highest BCUT2D eigenvalue weighted by atomic mass is 32.1. The van der Waals surface area contributed by atoms with Gasteiger partial charge >= 0.3 is 5.97 Å². The number of piperazine rings is 1. The molecule has 1 N–H and O–H groups in total. The number of rotatable bonds is 5. The van der Waals surface area contributed by atoms with Crippen LogP contribution in [-0.4, -0.2) is 92.5 Å². The Hall–Kier alpha value is -1.97. The summed E-state index contributed by atoms with van der Waals surface area (Å²) < 4.78 is 4.87. The minimum absolute atomic E-state index is 0.179. The number of nitrogens with one attached hydrogen (secondary N) is 1. The van der Waals surface area contributed by atoms with Gasteiger partial charge in [0, 0.05) is 39.8 Å². The summed E-state index contributed by atoms with van der Waals surface area (Å²) in [5.41, 5.74) is 0.789. The van der Waals surface area contributed by atoms with Crippen molar-refractivity contribution in [1.82, 2.24) is 14.7 Å². The molecule has 0 saturated carbocycles. The van der Waals surface area contributed by atoms with Gasteiger partial charge in [-0.15, -0.1) is 11.3 Å². The summed E-state index contributed by atoms with van der Waals surface area (Å²) in [5.74, 6) is -0.936. The van der Waals surface area contributed by atoms with Crippen molar-refractivity contribution >= 4 is 34.1 Å². The molecular formula is C19H28N4O4S. The van der Waals surface area contributed by atoms with E-state index in [2.05, 4.69) is 15.1 Å². The summed E-state index contributed by atoms with van der Waals surface area (Å²) in [7, 11) is 4.60. The molecule has 2 amide bonds. The van der Waals surface area contributed by atoms with Crippen molar-refractivity contribution in [2.24, 2.45) is 0 Å². The highest BCUT2D eigenvalue weighted by molar-refractivity contribution is 7.18. The van der Waals surface area contributed by atoms with E-state index in [-0.39, 0.29) is 23.9 Å². The minimum atomic E-state index is -0.554. The number of thiophene rings is 1. The molecule has 9 heteroatoms. The molecule has 1 atom stereocenters. The number of esters is 1. The van der Waals surface area contributed by atoms with Gasteiger partial charge in [0.25, 0.3) is 5.91 Å². The predicted octanol–water partition coefficient (Wildman–Crippen LogP) is 1.26. The molecular weight excluding hydrogens is 380 g/mol. The van der Waals surface area contributed by atoms with E-state index in [1.54, 1.807) is 21.0 Å². The fourth-order valence-electron chi connectivity index (χ4n) is 3.92. The number of hydrogen-bond acceptors (Lipinski definition) is 7. The number of methoxy groups -OCH3 is 1. The van der Waals surface area contributed by atoms with Gasteiger partial charge in [-0.3, -0.25) is 19.4 Å². The molecule has 2 aliphatic rings. The van der Waals surface area contributed by atoms with Crippen LogP contribution in [0.2, 0.25) is 0 Å². The molecule has 0 aromatic carbocycles. The lowest BCUT2D eigenvalue weighted by Gasteiger charge is -2.37. The number of hydrogen-bond donors (Lipinski definition) is 1. The highest BCUT2D eigenvalue weighted by Crippen LogP contribution is 2.34. The molecule has 1 aromatic heterocycles. The summed E-state index contributed by atoms with van der Waals surface area (Å²) >= 11 is 1.12. The number of nitrogens with zero attached hydrogens (tertiary/aromatic N) is 3. The van der Waals surface area contributed by atoms with Gasteiger partial charge in [-0.2, -0.15) is 0 Å². The number of carbonyl (C=O) groups excluding carboxylic acids is 3. The van der Waals surface area contributed by atoms with Crippen molar-refractivity contribution < 1.29 is 19.1 Å². The lowest BCUT2D eigenvalue weighted by molar-refractivity contribution is -0.117. The quantitative estimate of drug-likeness (QED) is 0.739. The average molecular weight is 409 g/mol. The topological polar surface area (TPSA) is 82.2 Å². The molecule has 3 heterocycles. The fourth-order valence-corrected chi connectivity index (χ4v) is 5.16. The third-order valence-corrected chi connectivity index (χ3v) is 6.62. The van der Waals surface area contributed by atoms with E-state index in [1.165, 1.54) is 24.9 Å². The average Bonchev–Trinajstić information content (AvgIpc) is 3.24. The number of amides is 2. The maximum atomic E-state index is 12.7. The Bertz CT molecular complexity index is 776. The summed E-state index contributed by atoms with van der Waals surface area (Å²) in [6, 6.07) is 0.542. The molecule has 2 saturated heterocycles. The first kappa shape index (κ1) is 20.8. The second-order valence-electron chi connectivity index (χ2n) is 7.57. The van der Waals surface area contributed by atoms with Crippen molar-refractivity contribution in [3.8, 4) is 0 Å². The first-order valence-corrected chi connectivity index (χ1v) is 10.3. The van der Waals surface area contributed by atoms with Crippen molar-refractivity contribution in [3.63, 3.8) is 0 Å². The van der Waals surface area contributed by atoms with E-state index in [1.807, 2.05) is 0 Å². The maximum absolute atomic E-state index is 12.7. The molecule has 2 fully saturated rings. The molecule has 28 heavy (non-hydrogen) atoms. The minimum Gasteiger partial charge on any atom is -0.465 e. The Labute approximate surface area is 169 Å². The third-order valence-electron chi connectivity index (χ3n) is 5.43. The van der Waals surface area contributed by atoms with Gasteiger partial charge in [-0.05, 0) is 31.9 Å². The molecule has 8 nitrogen and oxygen atoms in total. The molecule has 0 spiro atoms. The summed E-state index contributed by atoms with van der Waals surface area (Å²) in [6.45, 7) is 5.88. The van der Waals surface area contributed by atoms with E-state index in [9.17, 15) is 14.4 Å². The van der Waals surface area contributed by atoms with E-state index in [4.69, 9.17) is 4.74 Å². The predicted molar refractivity (Wildman–Crippen MR) is 108 cm³/mol. The van der Waals surface area contributed by atoms with Crippen LogP contribution in [0.4, 0.5) is 5.00 Å². The van der Waals surface area contributed by atoms with Gasteiger partial charge in [0.05, 0.1) is 24.1 Å². The maximum Gasteiger partial charge on any atom is 0.341 e. The molecule has 3 rings (SSSR count). The van der Waals surface area contributed by atoms with Crippen molar-refractivity contribution in [2.75, 3.05) is 59.2 Å². The van der Waals surface area contributed by atoms with Crippen molar-refractivity contribution in [3.05, 3.63) is 16.0 Å². The zero-order valence-electron chi connectivity index (χ0n) is 16.9. The molecule has 2 aliphatic heterocycles. The Morgan fingerprint density at radius 3 is 2.68 bits per heavy atom. The van der Waals surface area contributed by atoms with Crippen LogP contribution < -0.4 is 5.32 Å². The Morgan fingerprint density at radius 2 is 2.00 bits per heavy atom. The Balaban J connectivity index is 1.73. The number of ether oxygens (including phenoxy) is 1. The van der Waals surface area contributed by atoms with Crippen molar-refractivity contribution in [1.29, 1.82) is 0 Å². The van der Waals surface area contributed by atoms with Crippen LogP contribution in [0.5, 0.6) is 0 Å². The van der Waals surface area contributed by atoms with Crippen LogP contribution in [0.25, 0.3) is 0 Å². The van der Waals surface area contributed by atoms with Gasteiger partial charge in [0.2, 0.25) is 5.91 Å². The Morgan fingerprint density at radius 1 is 1.25 bits per heavy atom. The van der Waals surface area contributed by atoms with Crippen LogP contribution in [0.1, 0.15) is 38.4 Å². The standard InChI is InChI=1S/C19H28N4O4S/c1-12-15(19(26)27-4)17(28-16(12)18(25)21(2)3)20-14(24)11-22-8-9-23-7-5-6-13(23)10-22/h13H,5-11H2,1-4H3,(H,20,24)/t13-/m1/s1. The van der Waals surface area contributed by atoms with E-state index in [0.717, 1.165) is 37.5 Å². The number of carbonyl (C=O) groups is 3. The second kappa shape index (κ2) is 8.59. The van der Waals surface area contributed by atoms with Crippen molar-refractivity contribution in [2.45, 2.75) is 25.8 Å². The van der Waals surface area contributed by atoms with Crippen LogP contribution in [0.3, 0.4) is 0 Å². The molecule has 0 aliphatic carbocycles. The largest absolute Gasteiger partial charge is 0.465 e. The lowest BCUT2D eigenvalue weighted by atomic mass is 10.1. The number of fused-ring (bicyclic) bond motifs is 1. The Kier molecular flexibility index (Phi) is 6.36. The van der Waals surface area contributed by atoms with Crippen LogP contribution in [0.15, 0.2) is 0 Å². The molecule has 0 radical (unpaired) electrons. The van der Waals surface area contributed by atoms with E-state index >= 15 is 0 Å². The monoisotopic (exact) mass is 408 g/mol. The second-order valence-corrected chi connectivity index (χ2v) is 8.59. The summed E-state index contributed by atoms with van der Waals surface area (Å²) in [6.07, 6.45) is 2.41.